The number of aliphatic hydroxyl groups excluding tert-OH is 16. The van der Waals surface area contributed by atoms with Crippen LogP contribution in [-0.4, -0.2) is 286 Å². The average molecular weight is 1100 g/mol. The maximum Gasteiger partial charge on any atom is 0.314 e. The van der Waals surface area contributed by atoms with Gasteiger partial charge in [0.2, 0.25) is 6.29 Å². The third-order valence-corrected chi connectivity index (χ3v) is 17.8. The third kappa shape index (κ3) is 10.3. The molecular weight excluding hydrogens is 1020 g/mol. The molecule has 0 amide bonds. The lowest BCUT2D eigenvalue weighted by Crippen LogP contribution is -2.70. The van der Waals surface area contributed by atoms with Gasteiger partial charge in [-0.15, -0.1) is 0 Å². The molecule has 2 bridgehead atoms. The lowest BCUT2D eigenvalue weighted by Gasteiger charge is -2.65. The quantitative estimate of drug-likeness (QED) is 0.0675. The van der Waals surface area contributed by atoms with Gasteiger partial charge in [0.15, 0.2) is 31.3 Å². The first-order valence-corrected chi connectivity index (χ1v) is 26.1. The Labute approximate surface area is 435 Å². The minimum atomic E-state index is -1.99. The van der Waals surface area contributed by atoms with E-state index >= 15 is 4.79 Å². The van der Waals surface area contributed by atoms with E-state index in [0.29, 0.717) is 25.7 Å². The van der Waals surface area contributed by atoms with Crippen LogP contribution in [0.5, 0.6) is 0 Å². The molecule has 6 aliphatic heterocycles. The molecule has 6 saturated heterocycles. The number of hydrogen-bond donors (Lipinski definition) is 16. The molecule has 1 spiro atoms. The van der Waals surface area contributed by atoms with E-state index in [4.69, 9.17) is 52.1 Å². The zero-order chi connectivity index (χ0) is 54.9. The molecule has 9 fully saturated rings. The molecule has 3 saturated carbocycles. The second-order valence-electron chi connectivity index (χ2n) is 22.4. The highest BCUT2D eigenvalue weighted by Gasteiger charge is 2.69. The Morgan fingerprint density at radius 1 is 0.566 bits per heavy atom. The van der Waals surface area contributed by atoms with Crippen molar-refractivity contribution in [2.45, 2.75) is 217 Å². The van der Waals surface area contributed by atoms with Crippen molar-refractivity contribution in [3.8, 4) is 0 Å². The van der Waals surface area contributed by atoms with E-state index in [1.165, 1.54) is 0 Å². The Morgan fingerprint density at radius 2 is 1.11 bits per heavy atom. The molecule has 0 aromatic carbocycles. The zero-order valence-corrected chi connectivity index (χ0v) is 41.7. The topological polar surface area (TPSA) is 442 Å². The lowest BCUT2D eigenvalue weighted by atomic mass is 9.44. The standard InChI is InChI=1S/C48H76O28/c1-17-4-5-24-47(10-17)9-6-23-46(2,45(65)75-43-38(32(60)27(55)20(13-51)70-43)73-41-36(64)31(59)26(54)19(12-50)69-41)7-3-8-48(23,24)76-39-34(62)28(56)21(14-52)71-44(39)74-37-33(61)29(57)22(72-42(37)67-16-47)15-66-40-35(63)30(58)25(53)18(11-49)68-40/h18-44,49-64H,1,3-16H2,2H3/t18?,19?,20?,21?,22?,23?,24-,25?,26?,27?,28?,29?,30?,31?,32?,33?,34?,35?,36?,37?,38?,39?,40?,41?,42?,43?,44?,46-,47-,48?/m1/s1. The monoisotopic (exact) mass is 1100 g/mol. The van der Waals surface area contributed by atoms with Crippen LogP contribution in [0.3, 0.4) is 0 Å². The second-order valence-corrected chi connectivity index (χ2v) is 22.4. The van der Waals surface area contributed by atoms with Gasteiger partial charge in [0, 0.05) is 11.3 Å². The number of fused-ring (bicyclic) bond motifs is 2. The number of ether oxygens (including phenoxy) is 11. The normalized spacial score (nSPS) is 54.0. The Hall–Kier alpha value is -1.83. The maximum atomic E-state index is 15.3. The number of esters is 1. The first-order valence-electron chi connectivity index (χ1n) is 26.1. The van der Waals surface area contributed by atoms with Crippen molar-refractivity contribution < 1.29 is 139 Å². The molecule has 27 unspecified atom stereocenters. The Balaban J connectivity index is 1.04. The smallest absolute Gasteiger partial charge is 0.314 e. The second kappa shape index (κ2) is 23.2. The van der Waals surface area contributed by atoms with Crippen LogP contribution >= 0.6 is 0 Å². The van der Waals surface area contributed by atoms with Crippen molar-refractivity contribution in [1.82, 2.24) is 0 Å². The first-order chi connectivity index (χ1) is 36.1. The first kappa shape index (κ1) is 58.8. The summed E-state index contributed by atoms with van der Waals surface area (Å²) in [6.07, 6.45) is -41.1. The predicted octanol–water partition coefficient (Wildman–Crippen LogP) is -7.66. The average Bonchev–Trinajstić information content (AvgIpc) is 3.43. The molecule has 3 aliphatic carbocycles. The summed E-state index contributed by atoms with van der Waals surface area (Å²) in [6, 6.07) is 0. The van der Waals surface area contributed by atoms with Gasteiger partial charge in [-0.1, -0.05) is 12.2 Å². The summed E-state index contributed by atoms with van der Waals surface area (Å²) in [5.41, 5.74) is -3.07. The van der Waals surface area contributed by atoms with Crippen LogP contribution in [0.2, 0.25) is 0 Å². The highest BCUT2D eigenvalue weighted by molar-refractivity contribution is 5.77. The molecule has 16 N–H and O–H groups in total. The van der Waals surface area contributed by atoms with Crippen molar-refractivity contribution in [1.29, 1.82) is 0 Å². The van der Waals surface area contributed by atoms with E-state index in [1.807, 2.05) is 0 Å². The molecular formula is C48H76O28. The van der Waals surface area contributed by atoms with Crippen LogP contribution in [0.4, 0.5) is 0 Å². The summed E-state index contributed by atoms with van der Waals surface area (Å²) in [7, 11) is 0. The van der Waals surface area contributed by atoms with Crippen molar-refractivity contribution in [3.05, 3.63) is 12.2 Å². The molecule has 0 aromatic heterocycles. The molecule has 28 nitrogen and oxygen atoms in total. The molecule has 9 rings (SSSR count). The van der Waals surface area contributed by atoms with Gasteiger partial charge in [-0.25, -0.2) is 0 Å². The molecule has 76 heavy (non-hydrogen) atoms. The number of rotatable bonds is 11. The van der Waals surface area contributed by atoms with E-state index < -0.39 is 221 Å². The van der Waals surface area contributed by atoms with Gasteiger partial charge in [0.25, 0.3) is 0 Å². The summed E-state index contributed by atoms with van der Waals surface area (Å²) < 4.78 is 67.4. The molecule has 9 aliphatic rings. The van der Waals surface area contributed by atoms with E-state index in [-0.39, 0.29) is 32.3 Å². The number of allylic oxidation sites excluding steroid dienone is 1. The van der Waals surface area contributed by atoms with Gasteiger partial charge in [-0.2, -0.15) is 0 Å². The number of aliphatic hydroxyl groups is 16. The van der Waals surface area contributed by atoms with E-state index in [1.54, 1.807) is 6.92 Å². The summed E-state index contributed by atoms with van der Waals surface area (Å²) in [4.78, 5) is 15.3. The van der Waals surface area contributed by atoms with Crippen molar-refractivity contribution >= 4 is 5.97 Å². The maximum absolute atomic E-state index is 15.3. The number of carbonyl (C=O) groups excluding carboxylic acids is 1. The number of carbonyl (C=O) groups is 1. The summed E-state index contributed by atoms with van der Waals surface area (Å²) in [5.74, 6) is -2.34. The Morgan fingerprint density at radius 3 is 1.75 bits per heavy atom. The highest BCUT2D eigenvalue weighted by atomic mass is 16.8. The van der Waals surface area contributed by atoms with Crippen LogP contribution in [0.25, 0.3) is 0 Å². The SMILES string of the molecule is C=C1CC[C@H]2C34CCC[C@@](C)(C(=O)OC5OC(CO)C(O)C(O)C5OC5OC(CO)C(O)C(O)C5O)C3CC[C@]2(COC2OC(COC3OC(CO)C(O)C(O)C3O)C(O)C(O)C2OC2OC(CO)C(O)C(O)C2O4)C1. The molecule has 0 radical (unpaired) electrons. The van der Waals surface area contributed by atoms with Gasteiger partial charge in [0.1, 0.15) is 116 Å². The van der Waals surface area contributed by atoms with Crippen LogP contribution in [0.15, 0.2) is 12.2 Å². The van der Waals surface area contributed by atoms with E-state index in [0.717, 1.165) is 5.57 Å². The van der Waals surface area contributed by atoms with Gasteiger partial charge < -0.3 is 134 Å². The molecule has 436 valence electrons. The van der Waals surface area contributed by atoms with Gasteiger partial charge in [0.05, 0.1) is 50.7 Å². The fraction of sp³-hybridized carbons (Fsp3) is 0.938. The van der Waals surface area contributed by atoms with Gasteiger partial charge in [-0.3, -0.25) is 4.79 Å². The van der Waals surface area contributed by atoms with Crippen LogP contribution < -0.4 is 0 Å². The highest BCUT2D eigenvalue weighted by Crippen LogP contribution is 2.66. The van der Waals surface area contributed by atoms with Crippen molar-refractivity contribution in [3.63, 3.8) is 0 Å². The summed E-state index contributed by atoms with van der Waals surface area (Å²) in [6.45, 7) is 1.94. The third-order valence-electron chi connectivity index (χ3n) is 17.8. The molecule has 28 heteroatoms. The summed E-state index contributed by atoms with van der Waals surface area (Å²) >= 11 is 0. The van der Waals surface area contributed by atoms with E-state index in [2.05, 4.69) is 6.58 Å². The van der Waals surface area contributed by atoms with Crippen molar-refractivity contribution in [2.75, 3.05) is 39.6 Å². The van der Waals surface area contributed by atoms with Crippen LogP contribution in [-0.2, 0) is 56.9 Å². The molecule has 6 heterocycles. The van der Waals surface area contributed by atoms with Crippen LogP contribution in [0.1, 0.15) is 58.3 Å². The molecule has 0 aromatic rings. The minimum Gasteiger partial charge on any atom is -0.432 e. The molecule has 30 atom stereocenters. The number of hydrogen-bond acceptors (Lipinski definition) is 28. The van der Waals surface area contributed by atoms with Gasteiger partial charge in [-0.05, 0) is 64.2 Å². The fourth-order valence-electron chi connectivity index (χ4n) is 13.6. The fourth-order valence-corrected chi connectivity index (χ4v) is 13.6. The Kier molecular flexibility index (Phi) is 18.0. The minimum absolute atomic E-state index is 0.139. The van der Waals surface area contributed by atoms with Crippen molar-refractivity contribution in [2.24, 2.45) is 22.7 Å². The lowest BCUT2D eigenvalue weighted by molar-refractivity contribution is -0.383. The zero-order valence-electron chi connectivity index (χ0n) is 41.7. The van der Waals surface area contributed by atoms with E-state index in [9.17, 15) is 81.7 Å². The largest absolute Gasteiger partial charge is 0.432 e. The van der Waals surface area contributed by atoms with Crippen LogP contribution in [0, 0.1) is 22.7 Å². The predicted molar refractivity (Wildman–Crippen MR) is 243 cm³/mol. The van der Waals surface area contributed by atoms with Gasteiger partial charge >= 0.3 is 5.97 Å². The Bertz CT molecular complexity index is 1990. The summed E-state index contributed by atoms with van der Waals surface area (Å²) in [5, 5.41) is 173.